The van der Waals surface area contributed by atoms with E-state index in [1.54, 1.807) is 6.20 Å². The summed E-state index contributed by atoms with van der Waals surface area (Å²) in [6.07, 6.45) is 3.74. The highest BCUT2D eigenvalue weighted by Crippen LogP contribution is 2.38. The largest absolute Gasteiger partial charge is 0.490 e. The van der Waals surface area contributed by atoms with Gasteiger partial charge in [-0.2, -0.15) is 13.2 Å². The van der Waals surface area contributed by atoms with Crippen molar-refractivity contribution in [3.05, 3.63) is 30.1 Å². The molecule has 2 saturated heterocycles. The average Bonchev–Trinajstić information content (AvgIpc) is 3.49. The summed E-state index contributed by atoms with van der Waals surface area (Å²) >= 11 is 0. The topological polar surface area (TPSA) is 89.0 Å². The van der Waals surface area contributed by atoms with Crippen LogP contribution in [-0.2, 0) is 25.7 Å². The summed E-state index contributed by atoms with van der Waals surface area (Å²) in [4.78, 5) is 27.4. The number of ether oxygens (including phenoxy) is 2. The number of halogens is 3. The molecule has 1 aromatic rings. The van der Waals surface area contributed by atoms with E-state index in [0.717, 1.165) is 50.8 Å². The predicted octanol–water partition coefficient (Wildman–Crippen LogP) is 2.79. The Bertz CT molecular complexity index is 742. The van der Waals surface area contributed by atoms with Gasteiger partial charge >= 0.3 is 12.1 Å². The van der Waals surface area contributed by atoms with Gasteiger partial charge in [-0.25, -0.2) is 4.79 Å². The number of hydrogen-bond donors (Lipinski definition) is 1. The third-order valence-electron chi connectivity index (χ3n) is 5.40. The lowest BCUT2D eigenvalue weighted by Crippen LogP contribution is -2.50. The SMILES string of the molecule is O=C(C1CC1)N1CCC[C@]2(C[C@H](OCc3cccnc3)CO2)C1.O=C(O)C(F)(F)F. The molecule has 2 aliphatic heterocycles. The van der Waals surface area contributed by atoms with E-state index in [1.165, 1.54) is 0 Å². The maximum Gasteiger partial charge on any atom is 0.490 e. The molecule has 2 atom stereocenters. The molecule has 3 heterocycles. The highest BCUT2D eigenvalue weighted by molar-refractivity contribution is 5.81. The summed E-state index contributed by atoms with van der Waals surface area (Å²) in [7, 11) is 0. The van der Waals surface area contributed by atoms with Crippen molar-refractivity contribution < 1.29 is 37.3 Å². The second-order valence-electron chi connectivity index (χ2n) is 7.93. The Balaban J connectivity index is 0.000000318. The third kappa shape index (κ3) is 6.15. The first kappa shape index (κ1) is 22.5. The number of hydrogen-bond acceptors (Lipinski definition) is 5. The van der Waals surface area contributed by atoms with Gasteiger partial charge in [0.15, 0.2) is 0 Å². The summed E-state index contributed by atoms with van der Waals surface area (Å²) in [5.41, 5.74) is 0.908. The molecule has 0 aromatic carbocycles. The van der Waals surface area contributed by atoms with Crippen molar-refractivity contribution >= 4 is 11.9 Å². The van der Waals surface area contributed by atoms with Gasteiger partial charge in [0.2, 0.25) is 5.91 Å². The van der Waals surface area contributed by atoms with Gasteiger partial charge < -0.3 is 19.5 Å². The zero-order valence-corrected chi connectivity index (χ0v) is 16.4. The number of carbonyl (C=O) groups is 2. The first-order valence-electron chi connectivity index (χ1n) is 9.92. The van der Waals surface area contributed by atoms with Gasteiger partial charge in [0, 0.05) is 37.8 Å². The minimum absolute atomic E-state index is 0.117. The van der Waals surface area contributed by atoms with Crippen molar-refractivity contribution in [3.8, 4) is 0 Å². The van der Waals surface area contributed by atoms with E-state index in [-0.39, 0.29) is 11.7 Å². The van der Waals surface area contributed by atoms with Crippen molar-refractivity contribution in [2.75, 3.05) is 19.7 Å². The lowest BCUT2D eigenvalue weighted by atomic mass is 9.89. The fourth-order valence-corrected chi connectivity index (χ4v) is 3.77. The number of carboxylic acids is 1. The van der Waals surface area contributed by atoms with Crippen LogP contribution in [-0.4, -0.2) is 64.4 Å². The van der Waals surface area contributed by atoms with Gasteiger partial charge in [-0.15, -0.1) is 0 Å². The lowest BCUT2D eigenvalue weighted by molar-refractivity contribution is -0.192. The zero-order chi connectivity index (χ0) is 21.8. The second kappa shape index (κ2) is 9.30. The summed E-state index contributed by atoms with van der Waals surface area (Å²) in [5.74, 6) is -2.12. The summed E-state index contributed by atoms with van der Waals surface area (Å²) < 4.78 is 43.9. The number of rotatable bonds is 4. The van der Waals surface area contributed by atoms with Crippen LogP contribution in [0.4, 0.5) is 13.2 Å². The Morgan fingerprint density at radius 2 is 2.10 bits per heavy atom. The molecule has 10 heteroatoms. The maximum absolute atomic E-state index is 12.3. The van der Waals surface area contributed by atoms with Crippen molar-refractivity contribution in [1.29, 1.82) is 0 Å². The Morgan fingerprint density at radius 1 is 1.37 bits per heavy atom. The molecule has 3 fully saturated rings. The molecule has 0 radical (unpaired) electrons. The number of aliphatic carboxylic acids is 1. The minimum atomic E-state index is -5.08. The predicted molar refractivity (Wildman–Crippen MR) is 98.3 cm³/mol. The number of nitrogens with zero attached hydrogens (tertiary/aromatic N) is 2. The lowest BCUT2D eigenvalue weighted by Gasteiger charge is -2.39. The van der Waals surface area contributed by atoms with Crippen molar-refractivity contribution in [1.82, 2.24) is 9.88 Å². The molecule has 0 bridgehead atoms. The highest BCUT2D eigenvalue weighted by Gasteiger charge is 2.46. The number of piperidine rings is 1. The summed E-state index contributed by atoms with van der Waals surface area (Å²) in [6, 6.07) is 3.95. The number of alkyl halides is 3. The van der Waals surface area contributed by atoms with Crippen LogP contribution in [0.15, 0.2) is 24.5 Å². The quantitative estimate of drug-likeness (QED) is 0.790. The molecule has 1 saturated carbocycles. The average molecular weight is 430 g/mol. The van der Waals surface area contributed by atoms with Crippen molar-refractivity contribution in [2.24, 2.45) is 5.92 Å². The van der Waals surface area contributed by atoms with E-state index in [1.807, 2.05) is 23.2 Å². The van der Waals surface area contributed by atoms with Crippen LogP contribution >= 0.6 is 0 Å². The fraction of sp³-hybridized carbons (Fsp3) is 0.650. The molecule has 1 spiro atoms. The van der Waals surface area contributed by atoms with E-state index in [9.17, 15) is 18.0 Å². The Hall–Kier alpha value is -2.20. The monoisotopic (exact) mass is 430 g/mol. The molecule has 1 aliphatic carbocycles. The number of amides is 1. The summed E-state index contributed by atoms with van der Waals surface area (Å²) in [6.45, 7) is 2.84. The highest BCUT2D eigenvalue weighted by atomic mass is 19.4. The second-order valence-corrected chi connectivity index (χ2v) is 7.93. The number of carbonyl (C=O) groups excluding carboxylic acids is 1. The van der Waals surface area contributed by atoms with Gasteiger partial charge in [0.1, 0.15) is 0 Å². The van der Waals surface area contributed by atoms with Crippen LogP contribution in [0.2, 0.25) is 0 Å². The van der Waals surface area contributed by atoms with Crippen LogP contribution in [0.3, 0.4) is 0 Å². The summed E-state index contributed by atoms with van der Waals surface area (Å²) in [5, 5.41) is 7.12. The Morgan fingerprint density at radius 3 is 2.70 bits per heavy atom. The van der Waals surface area contributed by atoms with Crippen LogP contribution in [0.1, 0.15) is 37.7 Å². The zero-order valence-electron chi connectivity index (χ0n) is 16.4. The van der Waals surface area contributed by atoms with Crippen LogP contribution in [0, 0.1) is 5.92 Å². The molecule has 1 amide bonds. The first-order chi connectivity index (χ1) is 14.2. The smallest absolute Gasteiger partial charge is 0.475 e. The standard InChI is InChI=1S/C18H24N2O3.C2HF3O2/c21-17(15-4-5-15)20-8-2-6-18(13-20)9-16(12-23-18)22-11-14-3-1-7-19-10-14;3-2(4,5)1(6)7/h1,3,7,10,15-16H,2,4-6,8-9,11-13H2;(H,6,7)/t16-,18-;/m0./s1. The fourth-order valence-electron chi connectivity index (χ4n) is 3.77. The van der Waals surface area contributed by atoms with Crippen LogP contribution in [0.5, 0.6) is 0 Å². The van der Waals surface area contributed by atoms with Gasteiger partial charge in [0.05, 0.1) is 24.9 Å². The van der Waals surface area contributed by atoms with Crippen LogP contribution in [0.25, 0.3) is 0 Å². The molecule has 1 N–H and O–H groups in total. The van der Waals surface area contributed by atoms with E-state index in [4.69, 9.17) is 19.4 Å². The maximum atomic E-state index is 12.3. The van der Waals surface area contributed by atoms with E-state index >= 15 is 0 Å². The molecule has 4 rings (SSSR count). The van der Waals surface area contributed by atoms with Crippen molar-refractivity contribution in [2.45, 2.75) is 56.6 Å². The molecule has 0 unspecified atom stereocenters. The number of aromatic nitrogens is 1. The van der Waals surface area contributed by atoms with Gasteiger partial charge in [0.25, 0.3) is 0 Å². The van der Waals surface area contributed by atoms with Crippen LogP contribution < -0.4 is 0 Å². The minimum Gasteiger partial charge on any atom is -0.475 e. The van der Waals surface area contributed by atoms with Gasteiger partial charge in [-0.3, -0.25) is 9.78 Å². The van der Waals surface area contributed by atoms with E-state index in [0.29, 0.717) is 25.0 Å². The van der Waals surface area contributed by atoms with Gasteiger partial charge in [-0.1, -0.05) is 6.07 Å². The number of carboxylic acid groups (broad SMARTS) is 1. The Kier molecular flexibility index (Phi) is 6.97. The normalized spacial score (nSPS) is 26.2. The molecule has 30 heavy (non-hydrogen) atoms. The first-order valence-corrected chi connectivity index (χ1v) is 9.92. The Labute approximate surface area is 172 Å². The van der Waals surface area contributed by atoms with Crippen molar-refractivity contribution in [3.63, 3.8) is 0 Å². The molecule has 7 nitrogen and oxygen atoms in total. The number of pyridine rings is 1. The molecule has 3 aliphatic rings. The molecular formula is C20H25F3N2O5. The molecule has 1 aromatic heterocycles. The number of likely N-dealkylation sites (tertiary alicyclic amines) is 1. The third-order valence-corrected chi connectivity index (χ3v) is 5.40. The van der Waals surface area contributed by atoms with E-state index < -0.39 is 12.1 Å². The molecular weight excluding hydrogens is 405 g/mol. The van der Waals surface area contributed by atoms with E-state index in [2.05, 4.69) is 4.98 Å². The van der Waals surface area contributed by atoms with Gasteiger partial charge in [-0.05, 0) is 37.3 Å². The molecule has 166 valence electrons.